The number of benzene rings is 2. The molecular formula is C30H24N6O4S. The van der Waals surface area contributed by atoms with Gasteiger partial charge in [-0.2, -0.15) is 0 Å². The number of carbonyl (C=O) groups excluding carboxylic acids is 2. The van der Waals surface area contributed by atoms with Gasteiger partial charge in [-0.25, -0.2) is 9.97 Å². The minimum Gasteiger partial charge on any atom is -0.443 e. The number of anilines is 2. The van der Waals surface area contributed by atoms with Crippen LogP contribution in [0.3, 0.4) is 0 Å². The van der Waals surface area contributed by atoms with E-state index < -0.39 is 6.10 Å². The molecule has 2 amide bonds. The highest BCUT2D eigenvalue weighted by atomic mass is 32.1. The summed E-state index contributed by atoms with van der Waals surface area (Å²) in [4.78, 5) is 41.8. The van der Waals surface area contributed by atoms with Crippen LogP contribution in [0.4, 0.5) is 11.6 Å². The minimum absolute atomic E-state index is 0.115. The lowest BCUT2D eigenvalue weighted by atomic mass is 10.1. The molecule has 10 nitrogen and oxygen atoms in total. The molecule has 0 radical (unpaired) electrons. The van der Waals surface area contributed by atoms with Crippen LogP contribution in [0, 0.1) is 0 Å². The van der Waals surface area contributed by atoms with Gasteiger partial charge in [0.15, 0.2) is 12.2 Å². The van der Waals surface area contributed by atoms with Gasteiger partial charge < -0.3 is 19.0 Å². The number of imidazole rings is 1. The second kappa shape index (κ2) is 11.2. The average molecular weight is 565 g/mol. The number of carbonyl (C=O) groups is 2. The first-order valence-corrected chi connectivity index (χ1v) is 13.5. The Balaban J connectivity index is 1.34. The quantitative estimate of drug-likeness (QED) is 0.253. The molecule has 6 aromatic rings. The number of aliphatic hydroxyl groups is 1. The number of rotatable bonds is 8. The predicted octanol–water partition coefficient (Wildman–Crippen LogP) is 5.41. The number of amides is 2. The molecule has 0 saturated heterocycles. The standard InChI is InChI=1S/C30H24N6O4S/c1-35(29(39)19-6-3-2-4-7-19)21-9-10-23-22(14-21)33-30(36(23)17-24(37)20-8-5-13-31-15-20)34-28(38)27-12-11-26(41-27)25-16-32-18-40-25/h2-16,18,24,37H,17H2,1H3,(H,33,34,38)/t24-/m1/s1. The number of fused-ring (bicyclic) bond motifs is 1. The molecule has 0 aliphatic carbocycles. The highest BCUT2D eigenvalue weighted by molar-refractivity contribution is 7.17. The number of oxazole rings is 1. The van der Waals surface area contributed by atoms with Crippen LogP contribution in [0.1, 0.15) is 31.7 Å². The van der Waals surface area contributed by atoms with E-state index in [0.29, 0.717) is 38.5 Å². The van der Waals surface area contributed by atoms with Gasteiger partial charge in [0.1, 0.15) is 0 Å². The second-order valence-electron chi connectivity index (χ2n) is 9.24. The molecule has 0 saturated carbocycles. The van der Waals surface area contributed by atoms with Crippen molar-refractivity contribution >= 4 is 45.8 Å². The second-order valence-corrected chi connectivity index (χ2v) is 10.3. The number of nitrogens with zero attached hydrogens (tertiary/aromatic N) is 5. The van der Waals surface area contributed by atoms with Crippen LogP contribution in [-0.2, 0) is 6.54 Å². The number of aromatic nitrogens is 4. The molecule has 0 spiro atoms. The van der Waals surface area contributed by atoms with Gasteiger partial charge in [0.05, 0.1) is 39.6 Å². The topological polar surface area (TPSA) is 126 Å². The third-order valence-corrected chi connectivity index (χ3v) is 7.70. The first kappa shape index (κ1) is 26.1. The van der Waals surface area contributed by atoms with Crippen LogP contribution >= 0.6 is 11.3 Å². The Morgan fingerprint density at radius 1 is 1.05 bits per heavy atom. The Bertz CT molecular complexity index is 1820. The lowest BCUT2D eigenvalue weighted by molar-refractivity contribution is 0.0991. The highest BCUT2D eigenvalue weighted by Gasteiger charge is 2.21. The van der Waals surface area contributed by atoms with E-state index >= 15 is 0 Å². The van der Waals surface area contributed by atoms with Crippen molar-refractivity contribution in [1.82, 2.24) is 19.5 Å². The zero-order valence-electron chi connectivity index (χ0n) is 21.8. The fourth-order valence-corrected chi connectivity index (χ4v) is 5.30. The van der Waals surface area contributed by atoms with Crippen LogP contribution in [0.5, 0.6) is 0 Å². The van der Waals surface area contributed by atoms with Crippen LogP contribution in [-0.4, -0.2) is 43.5 Å². The average Bonchev–Trinajstić information content (AvgIpc) is 3.78. The number of aliphatic hydroxyl groups excluding tert-OH is 1. The number of pyridine rings is 1. The summed E-state index contributed by atoms with van der Waals surface area (Å²) in [6, 6.07) is 21.5. The Morgan fingerprint density at radius 2 is 1.90 bits per heavy atom. The largest absolute Gasteiger partial charge is 0.443 e. The zero-order chi connectivity index (χ0) is 28.3. The summed E-state index contributed by atoms with van der Waals surface area (Å²) in [6.07, 6.45) is 5.25. The molecule has 0 unspecified atom stereocenters. The molecule has 41 heavy (non-hydrogen) atoms. The zero-order valence-corrected chi connectivity index (χ0v) is 22.7. The van der Waals surface area contributed by atoms with Crippen molar-refractivity contribution in [1.29, 1.82) is 0 Å². The smallest absolute Gasteiger partial charge is 0.268 e. The van der Waals surface area contributed by atoms with E-state index in [0.717, 1.165) is 4.88 Å². The van der Waals surface area contributed by atoms with E-state index in [1.165, 1.54) is 17.7 Å². The van der Waals surface area contributed by atoms with Gasteiger partial charge in [0.2, 0.25) is 5.95 Å². The number of hydrogen-bond acceptors (Lipinski definition) is 8. The van der Waals surface area contributed by atoms with Gasteiger partial charge in [0, 0.05) is 36.3 Å². The Labute approximate surface area is 238 Å². The van der Waals surface area contributed by atoms with Crippen molar-refractivity contribution in [2.45, 2.75) is 12.6 Å². The van der Waals surface area contributed by atoms with Crippen molar-refractivity contribution < 1.29 is 19.1 Å². The van der Waals surface area contributed by atoms with Crippen molar-refractivity contribution in [3.63, 3.8) is 0 Å². The Morgan fingerprint density at radius 3 is 2.66 bits per heavy atom. The number of thiophene rings is 1. The van der Waals surface area contributed by atoms with Crippen molar-refractivity contribution in [3.05, 3.63) is 114 Å². The summed E-state index contributed by atoms with van der Waals surface area (Å²) in [5.74, 6) is 0.314. The van der Waals surface area contributed by atoms with Gasteiger partial charge in [-0.15, -0.1) is 11.3 Å². The third-order valence-electron chi connectivity index (χ3n) is 6.60. The maximum atomic E-state index is 13.3. The van der Waals surface area contributed by atoms with E-state index in [1.807, 2.05) is 30.3 Å². The molecule has 0 fully saturated rings. The van der Waals surface area contributed by atoms with Gasteiger partial charge in [0.25, 0.3) is 11.8 Å². The molecule has 0 bridgehead atoms. The molecule has 4 heterocycles. The first-order valence-electron chi connectivity index (χ1n) is 12.7. The van der Waals surface area contributed by atoms with Crippen LogP contribution in [0.2, 0.25) is 0 Å². The van der Waals surface area contributed by atoms with E-state index in [-0.39, 0.29) is 24.3 Å². The van der Waals surface area contributed by atoms with Gasteiger partial charge in [-0.05, 0) is 48.5 Å². The fourth-order valence-electron chi connectivity index (χ4n) is 4.44. The number of nitrogens with one attached hydrogen (secondary N) is 1. The predicted molar refractivity (Wildman–Crippen MR) is 156 cm³/mol. The van der Waals surface area contributed by atoms with Crippen LogP contribution in [0.15, 0.2) is 102 Å². The summed E-state index contributed by atoms with van der Waals surface area (Å²) < 4.78 is 7.09. The van der Waals surface area contributed by atoms with E-state index in [4.69, 9.17) is 9.40 Å². The van der Waals surface area contributed by atoms with Gasteiger partial charge >= 0.3 is 0 Å². The molecule has 1 atom stereocenters. The lowest BCUT2D eigenvalue weighted by Gasteiger charge is -2.18. The third kappa shape index (κ3) is 5.36. The summed E-state index contributed by atoms with van der Waals surface area (Å²) >= 11 is 1.26. The summed E-state index contributed by atoms with van der Waals surface area (Å²) in [5.41, 5.74) is 3.07. The molecule has 0 aliphatic heterocycles. The normalized spacial score (nSPS) is 11.9. The van der Waals surface area contributed by atoms with Crippen molar-refractivity contribution in [2.75, 3.05) is 17.3 Å². The Kier molecular flexibility index (Phi) is 7.11. The minimum atomic E-state index is -0.904. The summed E-state index contributed by atoms with van der Waals surface area (Å²) in [7, 11) is 1.70. The molecule has 204 valence electrons. The SMILES string of the molecule is CN(C(=O)c1ccccc1)c1ccc2c(c1)nc(NC(=O)c1ccc(-c3cnco3)s1)n2C[C@@H](O)c1cccnc1. The summed E-state index contributed by atoms with van der Waals surface area (Å²) in [6.45, 7) is 0.115. The van der Waals surface area contributed by atoms with E-state index in [9.17, 15) is 14.7 Å². The first-order chi connectivity index (χ1) is 20.0. The van der Waals surface area contributed by atoms with Crippen LogP contribution in [0.25, 0.3) is 21.7 Å². The molecule has 2 aromatic carbocycles. The van der Waals surface area contributed by atoms with Crippen molar-refractivity contribution in [2.24, 2.45) is 0 Å². The lowest BCUT2D eigenvalue weighted by Crippen LogP contribution is -2.26. The maximum absolute atomic E-state index is 13.3. The van der Waals surface area contributed by atoms with E-state index in [1.54, 1.807) is 77.6 Å². The highest BCUT2D eigenvalue weighted by Crippen LogP contribution is 2.30. The monoisotopic (exact) mass is 564 g/mol. The maximum Gasteiger partial charge on any atom is 0.268 e. The summed E-state index contributed by atoms with van der Waals surface area (Å²) in [5, 5.41) is 13.9. The Hall–Kier alpha value is -5.13. The van der Waals surface area contributed by atoms with Crippen molar-refractivity contribution in [3.8, 4) is 10.6 Å². The van der Waals surface area contributed by atoms with Gasteiger partial charge in [-0.3, -0.25) is 19.9 Å². The molecule has 4 aromatic heterocycles. The van der Waals surface area contributed by atoms with Gasteiger partial charge in [-0.1, -0.05) is 24.3 Å². The molecular weight excluding hydrogens is 540 g/mol. The molecule has 0 aliphatic rings. The number of hydrogen-bond donors (Lipinski definition) is 2. The molecule has 6 rings (SSSR count). The van der Waals surface area contributed by atoms with E-state index in [2.05, 4.69) is 15.3 Å². The fraction of sp³-hybridized carbons (Fsp3) is 0.100. The molecule has 2 N–H and O–H groups in total. The molecule has 11 heteroatoms. The van der Waals surface area contributed by atoms with Crippen LogP contribution < -0.4 is 10.2 Å².